The molecule has 2 atom stereocenters. The normalized spacial score (nSPS) is 24.3. The van der Waals surface area contributed by atoms with Crippen LogP contribution < -0.4 is 5.32 Å². The standard InChI is InChI=1S/C21H33N3O3S/c1-18-10-5-7-15-23(18)16-8-6-14-22-21(25)20-13-9-17-24(20)28(26,27)19-11-3-2-4-12-19/h2-4,11-12,18,20H,5-10,13-17H2,1H3,(H,22,25)/t18-,20+/m0/s1. The van der Waals surface area contributed by atoms with Crippen LogP contribution in [0.5, 0.6) is 0 Å². The van der Waals surface area contributed by atoms with Crippen LogP contribution in [0.25, 0.3) is 0 Å². The lowest BCUT2D eigenvalue weighted by Crippen LogP contribution is -2.46. The molecule has 2 fully saturated rings. The van der Waals surface area contributed by atoms with Gasteiger partial charge in [0, 0.05) is 19.1 Å². The van der Waals surface area contributed by atoms with E-state index in [1.807, 2.05) is 0 Å². The second kappa shape index (κ2) is 9.85. The Labute approximate surface area is 169 Å². The summed E-state index contributed by atoms with van der Waals surface area (Å²) < 4.78 is 27.1. The Kier molecular flexibility index (Phi) is 7.48. The second-order valence-electron chi connectivity index (χ2n) is 7.97. The zero-order valence-corrected chi connectivity index (χ0v) is 17.7. The molecule has 1 aromatic rings. The van der Waals surface area contributed by atoms with Crippen LogP contribution in [0.1, 0.15) is 51.9 Å². The molecule has 1 amide bonds. The fraction of sp³-hybridized carbons (Fsp3) is 0.667. The number of hydrogen-bond donors (Lipinski definition) is 1. The van der Waals surface area contributed by atoms with E-state index >= 15 is 0 Å². The highest BCUT2D eigenvalue weighted by Gasteiger charge is 2.39. The minimum absolute atomic E-state index is 0.164. The van der Waals surface area contributed by atoms with Gasteiger partial charge in [0.05, 0.1) is 4.90 Å². The van der Waals surface area contributed by atoms with Gasteiger partial charge in [-0.3, -0.25) is 4.79 Å². The highest BCUT2D eigenvalue weighted by Crippen LogP contribution is 2.26. The van der Waals surface area contributed by atoms with Crippen molar-refractivity contribution in [1.29, 1.82) is 0 Å². The summed E-state index contributed by atoms with van der Waals surface area (Å²) in [6, 6.07) is 8.46. The maximum Gasteiger partial charge on any atom is 0.243 e. The summed E-state index contributed by atoms with van der Waals surface area (Å²) in [5.41, 5.74) is 0. The van der Waals surface area contributed by atoms with E-state index in [2.05, 4.69) is 17.1 Å². The van der Waals surface area contributed by atoms with Crippen molar-refractivity contribution in [3.63, 3.8) is 0 Å². The number of unbranched alkanes of at least 4 members (excludes halogenated alkanes) is 1. The summed E-state index contributed by atoms with van der Waals surface area (Å²) >= 11 is 0. The summed E-state index contributed by atoms with van der Waals surface area (Å²) in [7, 11) is -3.62. The van der Waals surface area contributed by atoms with Gasteiger partial charge in [-0.15, -0.1) is 0 Å². The number of carbonyl (C=O) groups excluding carboxylic acids is 1. The summed E-state index contributed by atoms with van der Waals surface area (Å²) in [4.78, 5) is 15.4. The van der Waals surface area contributed by atoms with E-state index < -0.39 is 16.1 Å². The molecule has 28 heavy (non-hydrogen) atoms. The van der Waals surface area contributed by atoms with E-state index in [0.29, 0.717) is 25.6 Å². The van der Waals surface area contributed by atoms with Gasteiger partial charge >= 0.3 is 0 Å². The summed E-state index contributed by atoms with van der Waals surface area (Å²) in [5.74, 6) is -0.164. The van der Waals surface area contributed by atoms with Crippen molar-refractivity contribution in [2.24, 2.45) is 0 Å². The number of benzene rings is 1. The molecule has 2 saturated heterocycles. The first-order valence-corrected chi connectivity index (χ1v) is 12.0. The predicted molar refractivity (Wildman–Crippen MR) is 110 cm³/mol. The Hall–Kier alpha value is -1.44. The maximum atomic E-state index is 12.9. The molecule has 0 aromatic heterocycles. The first-order chi connectivity index (χ1) is 13.5. The molecule has 6 nitrogen and oxygen atoms in total. The molecule has 2 aliphatic rings. The summed E-state index contributed by atoms with van der Waals surface area (Å²) in [6.07, 6.45) is 7.19. The average Bonchev–Trinajstić information content (AvgIpc) is 3.20. The highest BCUT2D eigenvalue weighted by atomic mass is 32.2. The van der Waals surface area contributed by atoms with Gasteiger partial charge in [-0.1, -0.05) is 24.6 Å². The number of amides is 1. The Bertz CT molecular complexity index is 739. The van der Waals surface area contributed by atoms with Gasteiger partial charge in [0.2, 0.25) is 15.9 Å². The highest BCUT2D eigenvalue weighted by molar-refractivity contribution is 7.89. The Morgan fingerprint density at radius 2 is 1.86 bits per heavy atom. The predicted octanol–water partition coefficient (Wildman–Crippen LogP) is 2.61. The summed E-state index contributed by atoms with van der Waals surface area (Å²) in [5, 5.41) is 2.96. The van der Waals surface area contributed by atoms with Gasteiger partial charge in [0.25, 0.3) is 0 Å². The Morgan fingerprint density at radius 1 is 1.07 bits per heavy atom. The molecule has 0 aliphatic carbocycles. The quantitative estimate of drug-likeness (QED) is 0.673. The van der Waals surface area contributed by atoms with Gasteiger partial charge < -0.3 is 10.2 Å². The zero-order valence-electron chi connectivity index (χ0n) is 16.8. The van der Waals surface area contributed by atoms with E-state index in [1.54, 1.807) is 30.3 Å². The molecule has 1 N–H and O–H groups in total. The molecule has 2 heterocycles. The molecule has 3 rings (SSSR count). The fourth-order valence-corrected chi connectivity index (χ4v) is 5.95. The zero-order chi connectivity index (χ0) is 20.0. The lowest BCUT2D eigenvalue weighted by atomic mass is 10.0. The number of carbonyl (C=O) groups is 1. The van der Waals surface area contributed by atoms with E-state index in [0.717, 1.165) is 25.8 Å². The Balaban J connectivity index is 1.46. The maximum absolute atomic E-state index is 12.9. The minimum atomic E-state index is -3.62. The third kappa shape index (κ3) is 5.13. The largest absolute Gasteiger partial charge is 0.355 e. The first-order valence-electron chi connectivity index (χ1n) is 10.6. The van der Waals surface area contributed by atoms with Crippen molar-refractivity contribution in [3.05, 3.63) is 30.3 Å². The fourth-order valence-electron chi connectivity index (χ4n) is 4.28. The molecule has 7 heteroatoms. The first kappa shape index (κ1) is 21.3. The Morgan fingerprint density at radius 3 is 2.61 bits per heavy atom. The van der Waals surface area contributed by atoms with Gasteiger partial charge in [-0.25, -0.2) is 8.42 Å². The third-order valence-corrected chi connectivity index (χ3v) is 7.89. The molecule has 0 unspecified atom stereocenters. The van der Waals surface area contributed by atoms with Crippen molar-refractivity contribution in [2.75, 3.05) is 26.2 Å². The number of nitrogens with zero attached hydrogens (tertiary/aromatic N) is 2. The topological polar surface area (TPSA) is 69.7 Å². The molecule has 1 aromatic carbocycles. The van der Waals surface area contributed by atoms with Gasteiger partial charge in [0.1, 0.15) is 6.04 Å². The molecule has 2 aliphatic heterocycles. The smallest absolute Gasteiger partial charge is 0.243 e. The van der Waals surface area contributed by atoms with Crippen LogP contribution >= 0.6 is 0 Å². The average molecular weight is 408 g/mol. The molecular weight excluding hydrogens is 374 g/mol. The van der Waals surface area contributed by atoms with Crippen molar-refractivity contribution >= 4 is 15.9 Å². The van der Waals surface area contributed by atoms with Gasteiger partial charge in [0.15, 0.2) is 0 Å². The van der Waals surface area contributed by atoms with E-state index in [4.69, 9.17) is 0 Å². The lowest BCUT2D eigenvalue weighted by Gasteiger charge is -2.33. The number of rotatable bonds is 8. The number of likely N-dealkylation sites (tertiary alicyclic amines) is 1. The minimum Gasteiger partial charge on any atom is -0.355 e. The van der Waals surface area contributed by atoms with Crippen LogP contribution in [0.3, 0.4) is 0 Å². The van der Waals surface area contributed by atoms with E-state index in [9.17, 15) is 13.2 Å². The van der Waals surface area contributed by atoms with Crippen molar-refractivity contribution in [2.45, 2.75) is 68.8 Å². The molecule has 0 spiro atoms. The second-order valence-corrected chi connectivity index (χ2v) is 9.86. The van der Waals surface area contributed by atoms with Gasteiger partial charge in [-0.2, -0.15) is 4.31 Å². The monoisotopic (exact) mass is 407 g/mol. The molecule has 0 saturated carbocycles. The summed E-state index contributed by atoms with van der Waals surface area (Å²) in [6.45, 7) is 5.57. The number of sulfonamides is 1. The van der Waals surface area contributed by atoms with Crippen LogP contribution in [-0.4, -0.2) is 61.8 Å². The molecule has 0 radical (unpaired) electrons. The number of hydrogen-bond acceptors (Lipinski definition) is 4. The van der Waals surface area contributed by atoms with Crippen molar-refractivity contribution in [3.8, 4) is 0 Å². The van der Waals surface area contributed by atoms with Crippen LogP contribution in [0.4, 0.5) is 0 Å². The lowest BCUT2D eigenvalue weighted by molar-refractivity contribution is -0.124. The molecular formula is C21H33N3O3S. The van der Waals surface area contributed by atoms with Crippen molar-refractivity contribution < 1.29 is 13.2 Å². The van der Waals surface area contributed by atoms with Crippen LogP contribution in [0.15, 0.2) is 35.2 Å². The van der Waals surface area contributed by atoms with Crippen LogP contribution in [0, 0.1) is 0 Å². The third-order valence-electron chi connectivity index (χ3n) is 5.97. The van der Waals surface area contributed by atoms with Gasteiger partial charge in [-0.05, 0) is 70.7 Å². The molecule has 0 bridgehead atoms. The van der Waals surface area contributed by atoms with Crippen LogP contribution in [0.2, 0.25) is 0 Å². The van der Waals surface area contributed by atoms with Crippen LogP contribution in [-0.2, 0) is 14.8 Å². The SMILES string of the molecule is C[C@H]1CCCCN1CCCCNC(=O)[C@H]1CCCN1S(=O)(=O)c1ccccc1. The van der Waals surface area contributed by atoms with E-state index in [1.165, 1.54) is 30.1 Å². The number of nitrogens with one attached hydrogen (secondary N) is 1. The van der Waals surface area contributed by atoms with E-state index in [-0.39, 0.29) is 10.8 Å². The van der Waals surface area contributed by atoms with Crippen molar-refractivity contribution in [1.82, 2.24) is 14.5 Å². The number of piperidine rings is 1. The molecule has 156 valence electrons.